The van der Waals surface area contributed by atoms with Crippen molar-refractivity contribution in [3.8, 4) is 5.69 Å². The molecule has 2 aromatic rings. The molecule has 0 saturated carbocycles. The number of hydrogen-bond donors (Lipinski definition) is 2. The molecule has 0 aliphatic carbocycles. The van der Waals surface area contributed by atoms with Crippen LogP contribution in [0.15, 0.2) is 30.5 Å². The Hall–Kier alpha value is -2.67. The fourth-order valence-electron chi connectivity index (χ4n) is 1.51. The molecule has 0 bridgehead atoms. The van der Waals surface area contributed by atoms with E-state index in [-0.39, 0.29) is 5.69 Å². The number of aromatic carboxylic acids is 1. The molecule has 0 aliphatic rings. The molecule has 102 valence electrons. The van der Waals surface area contributed by atoms with Gasteiger partial charge in [-0.05, 0) is 24.3 Å². The number of rotatable bonds is 4. The van der Waals surface area contributed by atoms with Gasteiger partial charge in [-0.25, -0.2) is 14.3 Å². The van der Waals surface area contributed by atoms with Crippen LogP contribution in [0, 0.1) is 0 Å². The molecule has 0 saturated heterocycles. The van der Waals surface area contributed by atoms with Gasteiger partial charge in [-0.1, -0.05) is 16.8 Å². The van der Waals surface area contributed by atoms with E-state index in [4.69, 9.17) is 21.8 Å². The SMILES string of the molecule is O=C(O)/C=C/c1cc(Cl)ccc1-n1cc(C(=O)O)nn1. The molecular weight excluding hydrogens is 286 g/mol. The maximum atomic E-state index is 10.8. The fraction of sp³-hybridized carbons (Fsp3) is 0. The van der Waals surface area contributed by atoms with E-state index in [0.29, 0.717) is 16.3 Å². The molecule has 1 heterocycles. The molecular formula is C12H8ClN3O4. The highest BCUT2D eigenvalue weighted by molar-refractivity contribution is 6.30. The van der Waals surface area contributed by atoms with Crippen LogP contribution in [0.4, 0.5) is 0 Å². The molecule has 0 unspecified atom stereocenters. The summed E-state index contributed by atoms with van der Waals surface area (Å²) < 4.78 is 1.24. The van der Waals surface area contributed by atoms with Crippen LogP contribution in [-0.4, -0.2) is 37.1 Å². The lowest BCUT2D eigenvalue weighted by atomic mass is 10.1. The lowest BCUT2D eigenvalue weighted by Gasteiger charge is -2.05. The first-order valence-electron chi connectivity index (χ1n) is 5.34. The lowest BCUT2D eigenvalue weighted by Crippen LogP contribution is -1.98. The van der Waals surface area contributed by atoms with Gasteiger partial charge >= 0.3 is 11.9 Å². The summed E-state index contributed by atoms with van der Waals surface area (Å²) in [4.78, 5) is 21.3. The van der Waals surface area contributed by atoms with E-state index in [1.807, 2.05) is 0 Å². The molecule has 1 aromatic heterocycles. The Labute approximate surface area is 117 Å². The standard InChI is InChI=1S/C12H8ClN3O4/c13-8-2-3-10(7(5-8)1-4-11(17)18)16-6-9(12(19)20)14-15-16/h1-6H,(H,17,18)(H,19,20)/b4-1+. The first kappa shape index (κ1) is 13.8. The number of carboxylic acids is 2. The van der Waals surface area contributed by atoms with E-state index < -0.39 is 11.9 Å². The highest BCUT2D eigenvalue weighted by atomic mass is 35.5. The highest BCUT2D eigenvalue weighted by Crippen LogP contribution is 2.20. The third kappa shape index (κ3) is 3.01. The Balaban J connectivity index is 2.49. The van der Waals surface area contributed by atoms with Crippen molar-refractivity contribution in [1.82, 2.24) is 15.0 Å². The molecule has 0 fully saturated rings. The summed E-state index contributed by atoms with van der Waals surface area (Å²) >= 11 is 5.85. The van der Waals surface area contributed by atoms with E-state index in [9.17, 15) is 9.59 Å². The van der Waals surface area contributed by atoms with Gasteiger partial charge in [0.05, 0.1) is 11.9 Å². The number of halogens is 1. The average molecular weight is 294 g/mol. The fourth-order valence-corrected chi connectivity index (χ4v) is 1.69. The smallest absolute Gasteiger partial charge is 0.358 e. The summed E-state index contributed by atoms with van der Waals surface area (Å²) in [5.74, 6) is -2.31. The lowest BCUT2D eigenvalue weighted by molar-refractivity contribution is -0.131. The minimum Gasteiger partial charge on any atom is -0.478 e. The van der Waals surface area contributed by atoms with Crippen LogP contribution >= 0.6 is 11.6 Å². The van der Waals surface area contributed by atoms with Gasteiger partial charge in [-0.3, -0.25) is 0 Å². The van der Waals surface area contributed by atoms with E-state index in [1.165, 1.54) is 17.0 Å². The number of carbonyl (C=O) groups is 2. The zero-order valence-corrected chi connectivity index (χ0v) is 10.7. The van der Waals surface area contributed by atoms with Crippen molar-refractivity contribution < 1.29 is 19.8 Å². The quantitative estimate of drug-likeness (QED) is 0.831. The van der Waals surface area contributed by atoms with Crippen LogP contribution in [0.3, 0.4) is 0 Å². The number of benzene rings is 1. The average Bonchev–Trinajstić information content (AvgIpc) is 2.86. The van der Waals surface area contributed by atoms with Crippen molar-refractivity contribution in [2.24, 2.45) is 0 Å². The number of carboxylic acid groups (broad SMARTS) is 2. The highest BCUT2D eigenvalue weighted by Gasteiger charge is 2.11. The van der Waals surface area contributed by atoms with Crippen LogP contribution in [0.5, 0.6) is 0 Å². The second kappa shape index (κ2) is 5.54. The number of nitrogens with zero attached hydrogens (tertiary/aromatic N) is 3. The molecule has 1 aromatic carbocycles. The first-order valence-corrected chi connectivity index (χ1v) is 5.72. The van der Waals surface area contributed by atoms with Crippen molar-refractivity contribution in [1.29, 1.82) is 0 Å². The topological polar surface area (TPSA) is 105 Å². The molecule has 7 nitrogen and oxygen atoms in total. The molecule has 2 N–H and O–H groups in total. The first-order chi connectivity index (χ1) is 9.47. The maximum absolute atomic E-state index is 10.8. The molecule has 20 heavy (non-hydrogen) atoms. The van der Waals surface area contributed by atoms with E-state index >= 15 is 0 Å². The van der Waals surface area contributed by atoms with E-state index in [2.05, 4.69) is 10.3 Å². The third-order valence-corrected chi connectivity index (χ3v) is 2.59. The number of aromatic nitrogens is 3. The Bertz CT molecular complexity index is 708. The maximum Gasteiger partial charge on any atom is 0.358 e. The minimum atomic E-state index is -1.20. The minimum absolute atomic E-state index is 0.215. The van der Waals surface area contributed by atoms with Gasteiger partial charge in [0, 0.05) is 16.7 Å². The summed E-state index contributed by atoms with van der Waals surface area (Å²) in [6.07, 6.45) is 3.51. The van der Waals surface area contributed by atoms with Crippen molar-refractivity contribution in [3.63, 3.8) is 0 Å². The van der Waals surface area contributed by atoms with Crippen LogP contribution in [0.2, 0.25) is 5.02 Å². The van der Waals surface area contributed by atoms with E-state index in [1.54, 1.807) is 18.2 Å². The number of hydrogen-bond acceptors (Lipinski definition) is 4. The number of aliphatic carboxylic acids is 1. The third-order valence-electron chi connectivity index (χ3n) is 2.35. The monoisotopic (exact) mass is 293 g/mol. The van der Waals surface area contributed by atoms with Gasteiger partial charge in [0.15, 0.2) is 5.69 Å². The molecule has 8 heteroatoms. The van der Waals surface area contributed by atoms with Crippen molar-refractivity contribution >= 4 is 29.6 Å². The molecule has 2 rings (SSSR count). The predicted molar refractivity (Wildman–Crippen MR) is 70.0 cm³/mol. The Morgan fingerprint density at radius 1 is 1.30 bits per heavy atom. The summed E-state index contributed by atoms with van der Waals surface area (Å²) in [7, 11) is 0. The summed E-state index contributed by atoms with van der Waals surface area (Å²) in [6.45, 7) is 0. The molecule has 0 amide bonds. The van der Waals surface area contributed by atoms with Crippen LogP contribution in [0.25, 0.3) is 11.8 Å². The zero-order valence-electron chi connectivity index (χ0n) is 9.89. The molecule has 0 spiro atoms. The van der Waals surface area contributed by atoms with Gasteiger partial charge in [0.2, 0.25) is 0 Å². The normalized spacial score (nSPS) is 10.8. The Kier molecular flexibility index (Phi) is 3.81. The second-order valence-corrected chi connectivity index (χ2v) is 4.16. The van der Waals surface area contributed by atoms with Crippen molar-refractivity contribution in [2.45, 2.75) is 0 Å². The summed E-state index contributed by atoms with van der Waals surface area (Å²) in [6, 6.07) is 4.71. The molecule has 0 radical (unpaired) electrons. The second-order valence-electron chi connectivity index (χ2n) is 3.73. The van der Waals surface area contributed by atoms with Gasteiger partial charge in [0.1, 0.15) is 0 Å². The van der Waals surface area contributed by atoms with Crippen LogP contribution < -0.4 is 0 Å². The van der Waals surface area contributed by atoms with E-state index in [0.717, 1.165) is 6.08 Å². The van der Waals surface area contributed by atoms with Gasteiger partial charge in [-0.15, -0.1) is 5.10 Å². The van der Waals surface area contributed by atoms with Crippen LogP contribution in [-0.2, 0) is 4.79 Å². The largest absolute Gasteiger partial charge is 0.478 e. The van der Waals surface area contributed by atoms with Crippen LogP contribution in [0.1, 0.15) is 16.1 Å². The van der Waals surface area contributed by atoms with Crippen molar-refractivity contribution in [3.05, 3.63) is 46.8 Å². The predicted octanol–water partition coefficient (Wildman–Crippen LogP) is 1.72. The zero-order chi connectivity index (χ0) is 14.7. The molecule has 0 aliphatic heterocycles. The molecule has 0 atom stereocenters. The van der Waals surface area contributed by atoms with Gasteiger partial charge < -0.3 is 10.2 Å². The Morgan fingerprint density at radius 2 is 2.05 bits per heavy atom. The van der Waals surface area contributed by atoms with Gasteiger partial charge in [-0.2, -0.15) is 0 Å². The van der Waals surface area contributed by atoms with Gasteiger partial charge in [0.25, 0.3) is 0 Å². The summed E-state index contributed by atoms with van der Waals surface area (Å²) in [5.41, 5.74) is 0.724. The Morgan fingerprint density at radius 3 is 2.65 bits per heavy atom. The summed E-state index contributed by atoms with van der Waals surface area (Å²) in [5, 5.41) is 25.0. The van der Waals surface area contributed by atoms with Crippen molar-refractivity contribution in [2.75, 3.05) is 0 Å².